The van der Waals surface area contributed by atoms with E-state index in [1.165, 1.54) is 30.5 Å². The molecule has 1 aliphatic heterocycles. The summed E-state index contributed by atoms with van der Waals surface area (Å²) in [5.41, 5.74) is 2.87. The number of piperidine rings is 1. The first kappa shape index (κ1) is 13.6. The molecule has 2 rings (SSSR count). The topological polar surface area (TPSA) is 24.1 Å². The highest BCUT2D eigenvalue weighted by Gasteiger charge is 2.11. The van der Waals surface area contributed by atoms with Gasteiger partial charge in [-0.2, -0.15) is 0 Å². The Hall–Kier alpha value is -0.860. The van der Waals surface area contributed by atoms with Gasteiger partial charge in [-0.1, -0.05) is 38.1 Å². The summed E-state index contributed by atoms with van der Waals surface area (Å²) in [4.78, 5) is 0. The maximum absolute atomic E-state index is 3.64. The molecule has 1 atom stereocenters. The summed E-state index contributed by atoms with van der Waals surface area (Å²) in [7, 11) is 0. The predicted molar refractivity (Wildman–Crippen MR) is 78.1 cm³/mol. The molecule has 0 radical (unpaired) electrons. The van der Waals surface area contributed by atoms with Gasteiger partial charge in [0, 0.05) is 12.6 Å². The lowest BCUT2D eigenvalue weighted by Crippen LogP contribution is -2.43. The highest BCUT2D eigenvalue weighted by molar-refractivity contribution is 5.24. The fourth-order valence-corrected chi connectivity index (χ4v) is 2.52. The lowest BCUT2D eigenvalue weighted by molar-refractivity contribution is 0.392. The lowest BCUT2D eigenvalue weighted by Gasteiger charge is -2.23. The summed E-state index contributed by atoms with van der Waals surface area (Å²) in [6, 6.07) is 9.75. The average Bonchev–Trinajstić information content (AvgIpc) is 2.40. The van der Waals surface area contributed by atoms with Crippen molar-refractivity contribution in [2.45, 2.75) is 45.1 Å². The van der Waals surface area contributed by atoms with Crippen molar-refractivity contribution in [2.75, 3.05) is 19.6 Å². The van der Waals surface area contributed by atoms with Crippen molar-refractivity contribution in [3.05, 3.63) is 35.4 Å². The Morgan fingerprint density at radius 1 is 1.28 bits per heavy atom. The third kappa shape index (κ3) is 4.11. The molecule has 0 aliphatic carbocycles. The van der Waals surface area contributed by atoms with Crippen molar-refractivity contribution in [3.63, 3.8) is 0 Å². The van der Waals surface area contributed by atoms with E-state index in [4.69, 9.17) is 0 Å². The summed E-state index contributed by atoms with van der Waals surface area (Å²) in [5, 5.41) is 7.09. The number of hydrogen-bond donors (Lipinski definition) is 2. The number of hydrogen-bond acceptors (Lipinski definition) is 2. The van der Waals surface area contributed by atoms with Crippen LogP contribution >= 0.6 is 0 Å². The highest BCUT2D eigenvalue weighted by atomic mass is 15.0. The molecule has 1 fully saturated rings. The van der Waals surface area contributed by atoms with Gasteiger partial charge >= 0.3 is 0 Å². The van der Waals surface area contributed by atoms with E-state index in [0.29, 0.717) is 12.0 Å². The van der Waals surface area contributed by atoms with Crippen molar-refractivity contribution in [3.8, 4) is 0 Å². The second kappa shape index (κ2) is 6.91. The monoisotopic (exact) mass is 246 g/mol. The van der Waals surface area contributed by atoms with E-state index < -0.39 is 0 Å². The molecule has 2 heteroatoms. The van der Waals surface area contributed by atoms with Gasteiger partial charge in [0.15, 0.2) is 0 Å². The third-order valence-corrected chi connectivity index (χ3v) is 3.79. The van der Waals surface area contributed by atoms with E-state index >= 15 is 0 Å². The van der Waals surface area contributed by atoms with Crippen molar-refractivity contribution < 1.29 is 0 Å². The number of rotatable bonds is 5. The molecule has 1 aromatic carbocycles. The molecule has 0 amide bonds. The van der Waals surface area contributed by atoms with Crippen LogP contribution in [-0.4, -0.2) is 25.7 Å². The molecule has 1 aliphatic rings. The quantitative estimate of drug-likeness (QED) is 0.834. The van der Waals surface area contributed by atoms with Gasteiger partial charge in [0.1, 0.15) is 0 Å². The van der Waals surface area contributed by atoms with Crippen LogP contribution in [0.2, 0.25) is 0 Å². The molecule has 1 unspecified atom stereocenters. The Labute approximate surface area is 111 Å². The Bertz CT molecular complexity index is 337. The van der Waals surface area contributed by atoms with Crippen molar-refractivity contribution in [1.29, 1.82) is 0 Å². The van der Waals surface area contributed by atoms with E-state index in [0.717, 1.165) is 19.5 Å². The van der Waals surface area contributed by atoms with Crippen LogP contribution in [0.1, 0.15) is 43.7 Å². The number of nitrogens with one attached hydrogen (secondary N) is 2. The largest absolute Gasteiger partial charge is 0.315 e. The van der Waals surface area contributed by atoms with E-state index in [-0.39, 0.29) is 0 Å². The molecule has 100 valence electrons. The molecule has 0 spiro atoms. The van der Waals surface area contributed by atoms with Gasteiger partial charge in [0.25, 0.3) is 0 Å². The van der Waals surface area contributed by atoms with Crippen LogP contribution in [0, 0.1) is 0 Å². The van der Waals surface area contributed by atoms with Crippen LogP contribution < -0.4 is 10.6 Å². The van der Waals surface area contributed by atoms with Gasteiger partial charge < -0.3 is 10.6 Å². The van der Waals surface area contributed by atoms with Gasteiger partial charge in [-0.15, -0.1) is 0 Å². The Morgan fingerprint density at radius 3 is 2.67 bits per heavy atom. The zero-order chi connectivity index (χ0) is 12.8. The maximum Gasteiger partial charge on any atom is 0.0193 e. The molecule has 1 aromatic rings. The Kier molecular flexibility index (Phi) is 5.21. The van der Waals surface area contributed by atoms with Crippen LogP contribution in [0.25, 0.3) is 0 Å². The van der Waals surface area contributed by atoms with E-state index in [1.54, 1.807) is 0 Å². The third-order valence-electron chi connectivity index (χ3n) is 3.79. The zero-order valence-corrected chi connectivity index (χ0v) is 11.7. The van der Waals surface area contributed by atoms with Gasteiger partial charge in [-0.05, 0) is 49.4 Å². The van der Waals surface area contributed by atoms with Crippen LogP contribution in [0.5, 0.6) is 0 Å². The predicted octanol–water partition coefficient (Wildman–Crippen LogP) is 2.69. The summed E-state index contributed by atoms with van der Waals surface area (Å²) < 4.78 is 0. The molecule has 2 nitrogen and oxygen atoms in total. The molecular formula is C16H26N2. The molecule has 0 saturated carbocycles. The van der Waals surface area contributed by atoms with E-state index in [9.17, 15) is 0 Å². The van der Waals surface area contributed by atoms with Gasteiger partial charge in [0.05, 0.1) is 0 Å². The standard InChI is InChI=1S/C16H26N2/c1-13(2)15-7-5-14(6-8-15)9-11-18-16-4-3-10-17-12-16/h5-8,13,16-18H,3-4,9-12H2,1-2H3. The molecule has 1 heterocycles. The summed E-state index contributed by atoms with van der Waals surface area (Å²) in [6.45, 7) is 7.90. The SMILES string of the molecule is CC(C)c1ccc(CCNC2CCCNC2)cc1. The van der Waals surface area contributed by atoms with Crippen LogP contribution in [-0.2, 0) is 6.42 Å². The Balaban J connectivity index is 1.72. The van der Waals surface area contributed by atoms with E-state index in [2.05, 4.69) is 48.7 Å². The van der Waals surface area contributed by atoms with Crippen molar-refractivity contribution >= 4 is 0 Å². The molecule has 0 aromatic heterocycles. The first-order chi connectivity index (χ1) is 8.75. The average molecular weight is 246 g/mol. The number of benzene rings is 1. The van der Waals surface area contributed by atoms with Crippen molar-refractivity contribution in [2.24, 2.45) is 0 Å². The fourth-order valence-electron chi connectivity index (χ4n) is 2.52. The summed E-state index contributed by atoms with van der Waals surface area (Å²) in [6.07, 6.45) is 3.76. The van der Waals surface area contributed by atoms with Crippen LogP contribution in [0.15, 0.2) is 24.3 Å². The highest BCUT2D eigenvalue weighted by Crippen LogP contribution is 2.14. The molecule has 18 heavy (non-hydrogen) atoms. The van der Waals surface area contributed by atoms with Crippen molar-refractivity contribution in [1.82, 2.24) is 10.6 Å². The molecule has 2 N–H and O–H groups in total. The first-order valence-electron chi connectivity index (χ1n) is 7.28. The second-order valence-electron chi connectivity index (χ2n) is 5.64. The molecular weight excluding hydrogens is 220 g/mol. The zero-order valence-electron chi connectivity index (χ0n) is 11.7. The minimum atomic E-state index is 0.630. The fraction of sp³-hybridized carbons (Fsp3) is 0.625. The van der Waals surface area contributed by atoms with Crippen LogP contribution in [0.3, 0.4) is 0 Å². The maximum atomic E-state index is 3.64. The van der Waals surface area contributed by atoms with Gasteiger partial charge in [0.2, 0.25) is 0 Å². The first-order valence-corrected chi connectivity index (χ1v) is 7.28. The summed E-state index contributed by atoms with van der Waals surface area (Å²) in [5.74, 6) is 0.630. The van der Waals surface area contributed by atoms with E-state index in [1.807, 2.05) is 0 Å². The lowest BCUT2D eigenvalue weighted by atomic mass is 10.0. The Morgan fingerprint density at radius 2 is 2.06 bits per heavy atom. The smallest absolute Gasteiger partial charge is 0.0193 e. The summed E-state index contributed by atoms with van der Waals surface area (Å²) >= 11 is 0. The van der Waals surface area contributed by atoms with Crippen LogP contribution in [0.4, 0.5) is 0 Å². The minimum absolute atomic E-state index is 0.630. The minimum Gasteiger partial charge on any atom is -0.315 e. The second-order valence-corrected chi connectivity index (χ2v) is 5.64. The normalized spacial score (nSPS) is 20.3. The molecule has 0 bridgehead atoms. The van der Waals surface area contributed by atoms with Gasteiger partial charge in [-0.3, -0.25) is 0 Å². The van der Waals surface area contributed by atoms with Gasteiger partial charge in [-0.25, -0.2) is 0 Å². The molecule has 1 saturated heterocycles.